The summed E-state index contributed by atoms with van der Waals surface area (Å²) in [5, 5.41) is 6.88. The van der Waals surface area contributed by atoms with Crippen LogP contribution in [0.25, 0.3) is 0 Å². The molecule has 4 nitrogen and oxygen atoms in total. The van der Waals surface area contributed by atoms with Crippen molar-refractivity contribution in [1.29, 1.82) is 0 Å². The van der Waals surface area contributed by atoms with Gasteiger partial charge in [0.15, 0.2) is 0 Å². The van der Waals surface area contributed by atoms with Gasteiger partial charge in [0.05, 0.1) is 6.04 Å². The summed E-state index contributed by atoms with van der Waals surface area (Å²) in [4.78, 5) is 26.8. The molecule has 6 heteroatoms. The molecule has 27 heavy (non-hydrogen) atoms. The molecule has 1 fully saturated rings. The van der Waals surface area contributed by atoms with Gasteiger partial charge in [0, 0.05) is 21.6 Å². The number of hydrogen-bond donors (Lipinski definition) is 2. The third-order valence-corrected chi connectivity index (χ3v) is 6.91. The highest BCUT2D eigenvalue weighted by Crippen LogP contribution is 2.37. The van der Waals surface area contributed by atoms with Crippen molar-refractivity contribution in [1.82, 2.24) is 10.6 Å². The van der Waals surface area contributed by atoms with Crippen LogP contribution in [0.2, 0.25) is 5.02 Å². The summed E-state index contributed by atoms with van der Waals surface area (Å²) in [6.07, 6.45) is 6.15. The summed E-state index contributed by atoms with van der Waals surface area (Å²) in [5.41, 5.74) is 1.08. The topological polar surface area (TPSA) is 58.2 Å². The van der Waals surface area contributed by atoms with Gasteiger partial charge in [0.2, 0.25) is 11.8 Å². The molecule has 0 radical (unpaired) electrons. The van der Waals surface area contributed by atoms with E-state index in [2.05, 4.69) is 10.6 Å². The van der Waals surface area contributed by atoms with Crippen LogP contribution in [0.1, 0.15) is 64.0 Å². The highest BCUT2D eigenvalue weighted by Gasteiger charge is 2.31. The Balaban J connectivity index is 1.67. The molecule has 0 saturated heterocycles. The van der Waals surface area contributed by atoms with Gasteiger partial charge >= 0.3 is 0 Å². The molecule has 2 aliphatic rings. The van der Waals surface area contributed by atoms with E-state index in [9.17, 15) is 9.59 Å². The first kappa shape index (κ1) is 20.5. The molecule has 1 aliphatic carbocycles. The molecule has 1 heterocycles. The lowest BCUT2D eigenvalue weighted by Crippen LogP contribution is -2.52. The maximum atomic E-state index is 13.0. The van der Waals surface area contributed by atoms with E-state index in [1.807, 2.05) is 32.0 Å². The van der Waals surface area contributed by atoms with Crippen LogP contribution in [0.15, 0.2) is 23.1 Å². The van der Waals surface area contributed by atoms with Crippen molar-refractivity contribution in [3.63, 3.8) is 0 Å². The zero-order valence-corrected chi connectivity index (χ0v) is 17.7. The number of benzene rings is 1. The maximum Gasteiger partial charge on any atom is 0.243 e. The first-order chi connectivity index (χ1) is 13.0. The Morgan fingerprint density at radius 2 is 1.89 bits per heavy atom. The maximum absolute atomic E-state index is 13.0. The number of thioether (sulfide) groups is 1. The van der Waals surface area contributed by atoms with E-state index in [-0.39, 0.29) is 29.7 Å². The Kier molecular flexibility index (Phi) is 7.10. The molecule has 0 bridgehead atoms. The van der Waals surface area contributed by atoms with E-state index in [0.717, 1.165) is 43.4 Å². The summed E-state index contributed by atoms with van der Waals surface area (Å²) in [7, 11) is 0. The van der Waals surface area contributed by atoms with Crippen molar-refractivity contribution >= 4 is 35.2 Å². The summed E-state index contributed by atoms with van der Waals surface area (Å²) in [6.45, 7) is 3.96. The van der Waals surface area contributed by atoms with E-state index in [1.165, 1.54) is 11.3 Å². The molecule has 1 aliphatic heterocycles. The normalized spacial score (nSPS) is 21.4. The van der Waals surface area contributed by atoms with Crippen LogP contribution in [0, 0.1) is 11.8 Å². The minimum Gasteiger partial charge on any atom is -0.347 e. The van der Waals surface area contributed by atoms with E-state index < -0.39 is 6.04 Å². The smallest absolute Gasteiger partial charge is 0.243 e. The fourth-order valence-electron chi connectivity index (χ4n) is 3.95. The lowest BCUT2D eigenvalue weighted by atomic mass is 9.88. The number of hydrogen-bond acceptors (Lipinski definition) is 3. The number of carbonyl (C=O) groups is 2. The molecular weight excluding hydrogens is 380 g/mol. The predicted molar refractivity (Wildman–Crippen MR) is 111 cm³/mol. The Bertz CT molecular complexity index is 689. The number of rotatable bonds is 5. The van der Waals surface area contributed by atoms with Crippen LogP contribution in [0.4, 0.5) is 0 Å². The average molecular weight is 409 g/mol. The second kappa shape index (κ2) is 9.33. The lowest BCUT2D eigenvalue weighted by Gasteiger charge is -2.30. The molecule has 2 N–H and O–H groups in total. The highest BCUT2D eigenvalue weighted by molar-refractivity contribution is 7.99. The Morgan fingerprint density at radius 1 is 1.15 bits per heavy atom. The van der Waals surface area contributed by atoms with Gasteiger partial charge in [0.1, 0.15) is 6.04 Å². The van der Waals surface area contributed by atoms with Gasteiger partial charge in [-0.05, 0) is 48.9 Å². The van der Waals surface area contributed by atoms with Gasteiger partial charge in [-0.25, -0.2) is 0 Å². The van der Waals surface area contributed by atoms with E-state index in [1.54, 1.807) is 11.8 Å². The summed E-state index contributed by atoms with van der Waals surface area (Å²) >= 11 is 7.96. The molecule has 3 rings (SSSR count). The highest BCUT2D eigenvalue weighted by atomic mass is 35.5. The van der Waals surface area contributed by atoms with Gasteiger partial charge in [-0.2, -0.15) is 0 Å². The summed E-state index contributed by atoms with van der Waals surface area (Å²) in [5.74, 6) is 0.983. The van der Waals surface area contributed by atoms with Gasteiger partial charge in [-0.1, -0.05) is 44.7 Å². The standard InChI is InChI=1S/C21H29ClN2O2S/c1-13(2)19(24-20(25)14-6-4-3-5-7-14)21(26)23-17-10-11-27-18-9-8-15(22)12-16(17)18/h8-9,12-14,17,19H,3-7,10-11H2,1-2H3,(H,23,26)(H,24,25). The number of fused-ring (bicyclic) bond motifs is 1. The molecule has 2 unspecified atom stereocenters. The average Bonchev–Trinajstić information content (AvgIpc) is 2.66. The van der Waals surface area contributed by atoms with Crippen molar-refractivity contribution in [2.24, 2.45) is 11.8 Å². The van der Waals surface area contributed by atoms with E-state index >= 15 is 0 Å². The molecule has 0 spiro atoms. The first-order valence-corrected chi connectivity index (χ1v) is 11.3. The van der Waals surface area contributed by atoms with E-state index in [4.69, 9.17) is 11.6 Å². The summed E-state index contributed by atoms with van der Waals surface area (Å²) < 4.78 is 0. The fraction of sp³-hybridized carbons (Fsp3) is 0.619. The number of nitrogens with one attached hydrogen (secondary N) is 2. The second-order valence-corrected chi connectivity index (χ2v) is 9.52. The first-order valence-electron chi connectivity index (χ1n) is 9.98. The molecular formula is C21H29ClN2O2S. The zero-order valence-electron chi connectivity index (χ0n) is 16.1. The van der Waals surface area contributed by atoms with Crippen LogP contribution < -0.4 is 10.6 Å². The third-order valence-electron chi connectivity index (χ3n) is 5.55. The van der Waals surface area contributed by atoms with Gasteiger partial charge in [-0.3, -0.25) is 9.59 Å². The predicted octanol–water partition coefficient (Wildman–Crippen LogP) is 4.71. The largest absolute Gasteiger partial charge is 0.347 e. The second-order valence-electron chi connectivity index (χ2n) is 7.95. The Labute approximate surface area is 171 Å². The summed E-state index contributed by atoms with van der Waals surface area (Å²) in [6, 6.07) is 5.29. The fourth-order valence-corrected chi connectivity index (χ4v) is 5.23. The van der Waals surface area contributed by atoms with Crippen molar-refractivity contribution < 1.29 is 9.59 Å². The van der Waals surface area contributed by atoms with Crippen molar-refractivity contribution in [2.45, 2.75) is 69.4 Å². The van der Waals surface area contributed by atoms with Crippen LogP contribution in [-0.4, -0.2) is 23.6 Å². The van der Waals surface area contributed by atoms with Crippen molar-refractivity contribution in [3.8, 4) is 0 Å². The zero-order chi connectivity index (χ0) is 19.4. The third kappa shape index (κ3) is 5.20. The number of carbonyl (C=O) groups excluding carboxylic acids is 2. The molecule has 148 valence electrons. The number of halogens is 1. The Hall–Kier alpha value is -1.20. The van der Waals surface area contributed by atoms with Crippen LogP contribution >= 0.6 is 23.4 Å². The molecule has 2 amide bonds. The molecule has 2 atom stereocenters. The van der Waals surface area contributed by atoms with E-state index in [0.29, 0.717) is 5.02 Å². The Morgan fingerprint density at radius 3 is 2.59 bits per heavy atom. The quantitative estimate of drug-likeness (QED) is 0.741. The van der Waals surface area contributed by atoms with Crippen LogP contribution in [0.3, 0.4) is 0 Å². The van der Waals surface area contributed by atoms with Gasteiger partial charge in [-0.15, -0.1) is 11.8 Å². The molecule has 1 aromatic rings. The minimum absolute atomic E-state index is 0.0335. The van der Waals surface area contributed by atoms with Gasteiger partial charge < -0.3 is 10.6 Å². The lowest BCUT2D eigenvalue weighted by molar-refractivity contribution is -0.133. The van der Waals surface area contributed by atoms with Crippen LogP contribution in [-0.2, 0) is 9.59 Å². The van der Waals surface area contributed by atoms with Crippen LogP contribution in [0.5, 0.6) is 0 Å². The minimum atomic E-state index is -0.503. The van der Waals surface area contributed by atoms with Crippen molar-refractivity contribution in [2.75, 3.05) is 5.75 Å². The monoisotopic (exact) mass is 408 g/mol. The van der Waals surface area contributed by atoms with Gasteiger partial charge in [0.25, 0.3) is 0 Å². The molecule has 1 saturated carbocycles. The SMILES string of the molecule is CC(C)C(NC(=O)C1CCCCC1)C(=O)NC1CCSc2ccc(Cl)cc21. The van der Waals surface area contributed by atoms with Crippen molar-refractivity contribution in [3.05, 3.63) is 28.8 Å². The molecule has 0 aromatic heterocycles. The number of amides is 2. The molecule has 1 aromatic carbocycles.